The van der Waals surface area contributed by atoms with Gasteiger partial charge in [0.2, 0.25) is 0 Å². The minimum absolute atomic E-state index is 0.0229. The van der Waals surface area contributed by atoms with Crippen LogP contribution in [0.5, 0.6) is 0 Å². The smallest absolute Gasteiger partial charge is 0.318 e. The number of nitrogens with one attached hydrogen (secondary N) is 1. The van der Waals surface area contributed by atoms with Crippen LogP contribution in [0.2, 0.25) is 0 Å². The zero-order chi connectivity index (χ0) is 22.8. The normalized spacial score (nSPS) is 11.6. The number of alkyl halides is 3. The van der Waals surface area contributed by atoms with Crippen LogP contribution in [0.25, 0.3) is 5.69 Å². The first-order valence-electron chi connectivity index (χ1n) is 9.02. The summed E-state index contributed by atoms with van der Waals surface area (Å²) in [6.07, 6.45) is -3.16. The minimum Gasteiger partial charge on any atom is -0.318 e. The van der Waals surface area contributed by atoms with Gasteiger partial charge in [0.05, 0.1) is 16.7 Å². The Morgan fingerprint density at radius 2 is 1.81 bits per heavy atom. The maximum Gasteiger partial charge on any atom is 0.416 e. The van der Waals surface area contributed by atoms with Crippen molar-refractivity contribution in [3.8, 4) is 5.69 Å². The molecule has 2 aromatic carbocycles. The topological polar surface area (TPSA) is 89.5 Å². The number of carbonyl (C=O) groups excluding carboxylic acids is 1. The molecule has 3 aromatic rings. The van der Waals surface area contributed by atoms with Crippen LogP contribution in [0.3, 0.4) is 0 Å². The summed E-state index contributed by atoms with van der Waals surface area (Å²) in [5.41, 5.74) is 4.09. The predicted octanol–water partition coefficient (Wildman–Crippen LogP) is 4.79. The summed E-state index contributed by atoms with van der Waals surface area (Å²) in [6, 6.07) is 11.9. The number of nitro groups is 1. The van der Waals surface area contributed by atoms with Crippen molar-refractivity contribution in [3.05, 3.63) is 92.8 Å². The van der Waals surface area contributed by atoms with E-state index in [1.54, 1.807) is 18.2 Å². The molecule has 1 aromatic heterocycles. The van der Waals surface area contributed by atoms with E-state index in [1.807, 2.05) is 18.4 Å². The van der Waals surface area contributed by atoms with Gasteiger partial charge in [-0.25, -0.2) is 5.43 Å². The van der Waals surface area contributed by atoms with Crippen molar-refractivity contribution in [1.82, 2.24) is 9.99 Å². The Kier molecular flexibility index (Phi) is 5.91. The number of aryl methyl sites for hydroxylation is 1. The Balaban J connectivity index is 1.77. The molecular weight excluding hydrogens is 413 g/mol. The predicted molar refractivity (Wildman–Crippen MR) is 108 cm³/mol. The highest BCUT2D eigenvalue weighted by molar-refractivity contribution is 5.95. The number of nitro benzene ring substituents is 1. The molecule has 0 radical (unpaired) electrons. The molecule has 0 aliphatic rings. The molecule has 0 spiro atoms. The van der Waals surface area contributed by atoms with Gasteiger partial charge in [0.1, 0.15) is 0 Å². The van der Waals surface area contributed by atoms with E-state index < -0.39 is 22.6 Å². The van der Waals surface area contributed by atoms with Gasteiger partial charge in [0.15, 0.2) is 0 Å². The number of hydrazone groups is 1. The molecule has 0 saturated carbocycles. The molecule has 31 heavy (non-hydrogen) atoms. The Morgan fingerprint density at radius 3 is 2.42 bits per heavy atom. The summed E-state index contributed by atoms with van der Waals surface area (Å²) < 4.78 is 40.2. The highest BCUT2D eigenvalue weighted by atomic mass is 19.4. The van der Waals surface area contributed by atoms with E-state index in [0.29, 0.717) is 11.3 Å². The van der Waals surface area contributed by atoms with Crippen LogP contribution < -0.4 is 5.43 Å². The first-order chi connectivity index (χ1) is 14.6. The summed E-state index contributed by atoms with van der Waals surface area (Å²) in [5.74, 6) is -0.772. The van der Waals surface area contributed by atoms with Crippen LogP contribution in [0.1, 0.15) is 32.9 Å². The fourth-order valence-corrected chi connectivity index (χ4v) is 3.10. The number of hydrogen-bond donors (Lipinski definition) is 1. The van der Waals surface area contributed by atoms with Crippen LogP contribution in [0, 0.1) is 24.0 Å². The van der Waals surface area contributed by atoms with Crippen LogP contribution in [0.4, 0.5) is 18.9 Å². The number of amides is 1. The largest absolute Gasteiger partial charge is 0.416 e. The van der Waals surface area contributed by atoms with Gasteiger partial charge in [-0.2, -0.15) is 18.3 Å². The number of halogens is 3. The van der Waals surface area contributed by atoms with Crippen molar-refractivity contribution in [3.63, 3.8) is 0 Å². The molecule has 7 nitrogen and oxygen atoms in total. The number of nitrogens with zero attached hydrogens (tertiary/aromatic N) is 3. The molecule has 10 heteroatoms. The Labute approximate surface area is 175 Å². The lowest BCUT2D eigenvalue weighted by Gasteiger charge is -2.09. The summed E-state index contributed by atoms with van der Waals surface area (Å²) >= 11 is 0. The molecule has 0 fully saturated rings. The van der Waals surface area contributed by atoms with Gasteiger partial charge in [-0.1, -0.05) is 6.07 Å². The van der Waals surface area contributed by atoms with E-state index in [2.05, 4.69) is 10.5 Å². The lowest BCUT2D eigenvalue weighted by Crippen LogP contribution is -2.18. The van der Waals surface area contributed by atoms with Gasteiger partial charge in [0.25, 0.3) is 11.6 Å². The molecule has 0 saturated heterocycles. The number of hydrogen-bond acceptors (Lipinski definition) is 4. The third-order valence-corrected chi connectivity index (χ3v) is 4.61. The average Bonchev–Trinajstić information content (AvgIpc) is 3.00. The molecule has 0 aliphatic heterocycles. The minimum atomic E-state index is -4.55. The molecule has 1 N–H and O–H groups in total. The van der Waals surface area contributed by atoms with Gasteiger partial charge >= 0.3 is 6.18 Å². The van der Waals surface area contributed by atoms with Gasteiger partial charge < -0.3 is 4.57 Å². The Morgan fingerprint density at radius 1 is 1.13 bits per heavy atom. The highest BCUT2D eigenvalue weighted by Crippen LogP contribution is 2.29. The third kappa shape index (κ3) is 4.80. The second-order valence-electron chi connectivity index (χ2n) is 6.71. The van der Waals surface area contributed by atoms with Gasteiger partial charge in [-0.15, -0.1) is 0 Å². The van der Waals surface area contributed by atoms with Gasteiger partial charge in [-0.3, -0.25) is 14.9 Å². The van der Waals surface area contributed by atoms with Crippen LogP contribution in [-0.4, -0.2) is 21.6 Å². The molecular formula is C21H17F3N4O3. The summed E-state index contributed by atoms with van der Waals surface area (Å²) in [5, 5.41) is 14.7. The van der Waals surface area contributed by atoms with E-state index in [9.17, 15) is 28.1 Å². The highest BCUT2D eigenvalue weighted by Gasteiger charge is 2.30. The van der Waals surface area contributed by atoms with Gasteiger partial charge in [-0.05, 0) is 50.2 Å². The molecule has 3 rings (SSSR count). The number of rotatable bonds is 5. The van der Waals surface area contributed by atoms with Crippen molar-refractivity contribution < 1.29 is 22.9 Å². The Bertz CT molecular complexity index is 1170. The van der Waals surface area contributed by atoms with Gasteiger partial charge in [0, 0.05) is 40.3 Å². The van der Waals surface area contributed by atoms with Crippen LogP contribution >= 0.6 is 0 Å². The molecule has 0 aliphatic carbocycles. The summed E-state index contributed by atoms with van der Waals surface area (Å²) in [7, 11) is 0. The van der Waals surface area contributed by atoms with E-state index in [4.69, 9.17) is 0 Å². The van der Waals surface area contributed by atoms with E-state index >= 15 is 0 Å². The molecule has 0 atom stereocenters. The van der Waals surface area contributed by atoms with Crippen LogP contribution in [-0.2, 0) is 6.18 Å². The number of non-ortho nitro benzene ring substituents is 1. The molecule has 1 amide bonds. The first-order valence-corrected chi connectivity index (χ1v) is 9.02. The maximum absolute atomic E-state index is 12.8. The fourth-order valence-electron chi connectivity index (χ4n) is 3.10. The van der Waals surface area contributed by atoms with Crippen molar-refractivity contribution >= 4 is 17.8 Å². The second kappa shape index (κ2) is 8.42. The van der Waals surface area contributed by atoms with Crippen molar-refractivity contribution in [2.24, 2.45) is 5.10 Å². The lowest BCUT2D eigenvalue weighted by atomic mass is 10.1. The maximum atomic E-state index is 12.8. The van der Waals surface area contributed by atoms with Crippen molar-refractivity contribution in [2.45, 2.75) is 20.0 Å². The molecule has 0 unspecified atom stereocenters. The molecule has 1 heterocycles. The SMILES string of the molecule is Cc1cc(/C=N/NC(=O)c2cccc(C(F)(F)F)c2)c(C)n1-c1ccc([N+](=O)[O-])cc1. The second-order valence-corrected chi connectivity index (χ2v) is 6.71. The third-order valence-electron chi connectivity index (χ3n) is 4.61. The van der Waals surface area contributed by atoms with Crippen molar-refractivity contribution in [1.29, 1.82) is 0 Å². The van der Waals surface area contributed by atoms with E-state index in [-0.39, 0.29) is 11.3 Å². The average molecular weight is 430 g/mol. The number of benzene rings is 2. The summed E-state index contributed by atoms with van der Waals surface area (Å²) in [4.78, 5) is 22.5. The number of carbonyl (C=O) groups is 1. The zero-order valence-corrected chi connectivity index (χ0v) is 16.5. The first kappa shape index (κ1) is 21.8. The zero-order valence-electron chi connectivity index (χ0n) is 16.5. The fraction of sp³-hybridized carbons (Fsp3) is 0.143. The van der Waals surface area contributed by atoms with Crippen molar-refractivity contribution in [2.75, 3.05) is 0 Å². The quantitative estimate of drug-likeness (QED) is 0.359. The van der Waals surface area contributed by atoms with E-state index in [0.717, 1.165) is 29.6 Å². The molecule has 0 bridgehead atoms. The van der Waals surface area contributed by atoms with E-state index in [1.165, 1.54) is 24.4 Å². The lowest BCUT2D eigenvalue weighted by molar-refractivity contribution is -0.384. The standard InChI is InChI=1S/C21H17F3N4O3/c1-13-10-16(14(2)27(13)18-6-8-19(9-7-18)28(30)31)12-25-26-20(29)15-4-3-5-17(11-15)21(22,23)24/h3-12H,1-2H3,(H,26,29)/b25-12+. The number of aromatic nitrogens is 1. The molecule has 160 valence electrons. The Hall–Kier alpha value is -3.95. The van der Waals surface area contributed by atoms with Crippen LogP contribution in [0.15, 0.2) is 59.7 Å². The summed E-state index contributed by atoms with van der Waals surface area (Å²) in [6.45, 7) is 3.65. The monoisotopic (exact) mass is 430 g/mol.